The minimum atomic E-state index is -0.624. The van der Waals surface area contributed by atoms with E-state index in [1.165, 1.54) is 6.26 Å². The molecule has 0 spiro atoms. The normalized spacial score (nSPS) is 12.4. The first kappa shape index (κ1) is 13.2. The highest BCUT2D eigenvalue weighted by Crippen LogP contribution is 2.37. The van der Waals surface area contributed by atoms with Gasteiger partial charge in [-0.1, -0.05) is 30.3 Å². The largest absolute Gasteiger partial charge is 0.508 e. The van der Waals surface area contributed by atoms with Crippen LogP contribution in [0.25, 0.3) is 10.8 Å². The van der Waals surface area contributed by atoms with Crippen molar-refractivity contribution in [3.63, 3.8) is 0 Å². The molecule has 1 aromatic heterocycles. The average molecular weight is 283 g/mol. The second-order valence-electron chi connectivity index (χ2n) is 4.80. The van der Waals surface area contributed by atoms with Crippen molar-refractivity contribution in [3.8, 4) is 5.75 Å². The third-order valence-corrected chi connectivity index (χ3v) is 3.51. The lowest BCUT2D eigenvalue weighted by atomic mass is 9.90. The summed E-state index contributed by atoms with van der Waals surface area (Å²) in [4.78, 5) is 10.6. The van der Waals surface area contributed by atoms with Crippen LogP contribution in [-0.4, -0.2) is 16.6 Å². The van der Waals surface area contributed by atoms with Gasteiger partial charge >= 0.3 is 0 Å². The van der Waals surface area contributed by atoms with E-state index in [1.54, 1.807) is 24.3 Å². The Balaban J connectivity index is 2.23. The zero-order valence-corrected chi connectivity index (χ0v) is 11.1. The molecule has 0 amide bonds. The summed E-state index contributed by atoms with van der Waals surface area (Å²) in [6.45, 7) is -0.338. The molecule has 3 rings (SSSR count). The Morgan fingerprint density at radius 1 is 1.14 bits per heavy atom. The molecule has 0 unspecified atom stereocenters. The van der Waals surface area contributed by atoms with Gasteiger partial charge in [0.25, 0.3) is 0 Å². The van der Waals surface area contributed by atoms with Gasteiger partial charge in [0, 0.05) is 10.5 Å². The Morgan fingerprint density at radius 3 is 2.67 bits per heavy atom. The summed E-state index contributed by atoms with van der Waals surface area (Å²) in [5, 5.41) is 22.9. The number of aromatic hydroxyl groups is 1. The van der Waals surface area contributed by atoms with E-state index in [9.17, 15) is 15.2 Å². The third-order valence-electron chi connectivity index (χ3n) is 3.51. The predicted molar refractivity (Wildman–Crippen MR) is 78.0 cm³/mol. The highest BCUT2D eigenvalue weighted by molar-refractivity contribution is 5.88. The van der Waals surface area contributed by atoms with Gasteiger partial charge in [-0.25, -0.2) is 0 Å². The molecule has 2 aromatic carbocycles. The fourth-order valence-electron chi connectivity index (χ4n) is 2.61. The molecule has 0 aliphatic rings. The van der Waals surface area contributed by atoms with E-state index in [4.69, 9.17) is 4.42 Å². The van der Waals surface area contributed by atoms with Crippen LogP contribution in [0.4, 0.5) is 0 Å². The van der Waals surface area contributed by atoms with Gasteiger partial charge in [-0.15, -0.1) is 0 Å². The summed E-state index contributed by atoms with van der Waals surface area (Å²) < 4.78 is 5.34. The number of rotatable bonds is 4. The molecule has 1 atom stereocenters. The topological polar surface area (TPSA) is 76.5 Å². The van der Waals surface area contributed by atoms with E-state index in [1.807, 2.05) is 24.3 Å². The van der Waals surface area contributed by atoms with E-state index in [0.717, 1.165) is 10.8 Å². The summed E-state index contributed by atoms with van der Waals surface area (Å²) in [6.07, 6.45) is 1.48. The van der Waals surface area contributed by atoms with Crippen LogP contribution in [0.1, 0.15) is 17.2 Å². The summed E-state index contributed by atoms with van der Waals surface area (Å²) in [5.74, 6) is -0.114. The number of phenolic OH excluding ortho intramolecular Hbond substituents is 1. The SMILES string of the molecule is O=[N+]([O-])C[C@@H](c1ccco1)c1c(O)ccc2ccccc12. The van der Waals surface area contributed by atoms with Gasteiger partial charge in [0.15, 0.2) is 0 Å². The van der Waals surface area contributed by atoms with Crippen molar-refractivity contribution in [1.82, 2.24) is 0 Å². The third kappa shape index (κ3) is 2.45. The Kier molecular flexibility index (Phi) is 3.31. The van der Waals surface area contributed by atoms with Gasteiger partial charge in [-0.2, -0.15) is 0 Å². The van der Waals surface area contributed by atoms with Gasteiger partial charge in [-0.3, -0.25) is 10.1 Å². The van der Waals surface area contributed by atoms with Crippen LogP contribution in [-0.2, 0) is 0 Å². The molecule has 3 aromatic rings. The first-order valence-electron chi connectivity index (χ1n) is 6.52. The van der Waals surface area contributed by atoms with Crippen molar-refractivity contribution in [2.24, 2.45) is 0 Å². The molecule has 1 N–H and O–H groups in total. The smallest absolute Gasteiger partial charge is 0.217 e. The fraction of sp³-hybridized carbons (Fsp3) is 0.125. The van der Waals surface area contributed by atoms with Gasteiger partial charge in [0.05, 0.1) is 6.26 Å². The van der Waals surface area contributed by atoms with Gasteiger partial charge in [0.2, 0.25) is 6.54 Å². The van der Waals surface area contributed by atoms with Crippen LogP contribution in [0.3, 0.4) is 0 Å². The molecule has 0 saturated heterocycles. The lowest BCUT2D eigenvalue weighted by Gasteiger charge is -2.15. The van der Waals surface area contributed by atoms with Gasteiger partial charge in [-0.05, 0) is 29.0 Å². The molecule has 0 fully saturated rings. The molecular formula is C16H13NO4. The standard InChI is InChI=1S/C16H13NO4/c18-14-8-7-11-4-1-2-5-12(11)16(14)13(10-17(19)20)15-6-3-9-21-15/h1-9,13,18H,10H2/t13-/m0/s1. The van der Waals surface area contributed by atoms with E-state index in [2.05, 4.69) is 0 Å². The van der Waals surface area contributed by atoms with Crippen molar-refractivity contribution in [1.29, 1.82) is 0 Å². The Morgan fingerprint density at radius 2 is 1.95 bits per heavy atom. The van der Waals surface area contributed by atoms with Crippen molar-refractivity contribution < 1.29 is 14.4 Å². The zero-order chi connectivity index (χ0) is 14.8. The number of hydrogen-bond acceptors (Lipinski definition) is 4. The Labute approximate surface area is 120 Å². The number of phenols is 1. The molecule has 5 nitrogen and oxygen atoms in total. The summed E-state index contributed by atoms with van der Waals surface area (Å²) >= 11 is 0. The molecule has 0 saturated carbocycles. The van der Waals surface area contributed by atoms with Crippen molar-refractivity contribution in [3.05, 3.63) is 76.2 Å². The van der Waals surface area contributed by atoms with Crippen LogP contribution in [0, 0.1) is 10.1 Å². The van der Waals surface area contributed by atoms with Crippen molar-refractivity contribution in [2.75, 3.05) is 6.54 Å². The Hall–Kier alpha value is -2.82. The average Bonchev–Trinajstić information content (AvgIpc) is 2.99. The van der Waals surface area contributed by atoms with Gasteiger partial charge < -0.3 is 9.52 Å². The second-order valence-corrected chi connectivity index (χ2v) is 4.80. The lowest BCUT2D eigenvalue weighted by molar-refractivity contribution is -0.482. The number of hydrogen-bond donors (Lipinski definition) is 1. The molecule has 0 bridgehead atoms. The second kappa shape index (κ2) is 5.28. The highest BCUT2D eigenvalue weighted by Gasteiger charge is 2.27. The lowest BCUT2D eigenvalue weighted by Crippen LogP contribution is -2.14. The number of furan rings is 1. The quantitative estimate of drug-likeness (QED) is 0.586. The minimum Gasteiger partial charge on any atom is -0.508 e. The summed E-state index contributed by atoms with van der Waals surface area (Å²) in [7, 11) is 0. The highest BCUT2D eigenvalue weighted by atomic mass is 16.6. The Bertz CT molecular complexity index is 780. The first-order chi connectivity index (χ1) is 10.2. The monoisotopic (exact) mass is 283 g/mol. The molecule has 21 heavy (non-hydrogen) atoms. The molecule has 106 valence electrons. The maximum absolute atomic E-state index is 11.0. The minimum absolute atomic E-state index is 0.0388. The molecule has 0 aliphatic heterocycles. The molecule has 0 radical (unpaired) electrons. The molecule has 0 aliphatic carbocycles. The van der Waals surface area contributed by atoms with E-state index >= 15 is 0 Å². The summed E-state index contributed by atoms with van der Waals surface area (Å²) in [6, 6.07) is 14.2. The van der Waals surface area contributed by atoms with Crippen LogP contribution in [0.5, 0.6) is 5.75 Å². The summed E-state index contributed by atoms with van der Waals surface area (Å²) in [5.41, 5.74) is 0.528. The maximum atomic E-state index is 11.0. The van der Waals surface area contributed by atoms with E-state index in [0.29, 0.717) is 11.3 Å². The van der Waals surface area contributed by atoms with Gasteiger partial charge in [0.1, 0.15) is 17.4 Å². The maximum Gasteiger partial charge on any atom is 0.217 e. The van der Waals surface area contributed by atoms with Crippen LogP contribution in [0.2, 0.25) is 0 Å². The number of benzene rings is 2. The van der Waals surface area contributed by atoms with Crippen LogP contribution < -0.4 is 0 Å². The molecule has 1 heterocycles. The number of fused-ring (bicyclic) bond motifs is 1. The molecule has 5 heteroatoms. The zero-order valence-electron chi connectivity index (χ0n) is 11.1. The number of nitrogens with zero attached hydrogens (tertiary/aromatic N) is 1. The van der Waals surface area contributed by atoms with E-state index < -0.39 is 10.8 Å². The van der Waals surface area contributed by atoms with Crippen LogP contribution >= 0.6 is 0 Å². The van der Waals surface area contributed by atoms with Crippen molar-refractivity contribution in [2.45, 2.75) is 5.92 Å². The number of nitro groups is 1. The van der Waals surface area contributed by atoms with Crippen molar-refractivity contribution >= 4 is 10.8 Å². The van der Waals surface area contributed by atoms with E-state index in [-0.39, 0.29) is 12.3 Å². The predicted octanol–water partition coefficient (Wildman–Crippen LogP) is 3.55. The van der Waals surface area contributed by atoms with Crippen LogP contribution in [0.15, 0.2) is 59.2 Å². The fourth-order valence-corrected chi connectivity index (χ4v) is 2.61. The molecular weight excluding hydrogens is 270 g/mol. The first-order valence-corrected chi connectivity index (χ1v) is 6.52.